The Labute approximate surface area is 87.8 Å². The van der Waals surface area contributed by atoms with Gasteiger partial charge in [0.2, 0.25) is 0 Å². The molecule has 3 N–H and O–H groups in total. The maximum atomic E-state index is 10.6. The number of aliphatic hydroxyl groups is 1. The van der Waals surface area contributed by atoms with Crippen LogP contribution in [0.15, 0.2) is 24.3 Å². The number of phenolic OH excluding ortho intramolecular Hbond substituents is 1. The van der Waals surface area contributed by atoms with Gasteiger partial charge in [-0.25, -0.2) is 4.79 Å². The summed E-state index contributed by atoms with van der Waals surface area (Å²) in [7, 11) is 0. The molecule has 0 amide bonds. The van der Waals surface area contributed by atoms with Crippen LogP contribution in [0.4, 0.5) is 0 Å². The molecule has 0 aliphatic heterocycles. The number of hydrogen-bond donors (Lipinski definition) is 3. The summed E-state index contributed by atoms with van der Waals surface area (Å²) in [5.41, 5.74) is -0.813. The average molecular weight is 210 g/mol. The van der Waals surface area contributed by atoms with E-state index in [0.717, 1.165) is 5.56 Å². The lowest BCUT2D eigenvalue weighted by Gasteiger charge is -2.17. The van der Waals surface area contributed by atoms with Gasteiger partial charge in [0, 0.05) is 0 Å². The molecule has 0 aromatic heterocycles. The molecule has 82 valence electrons. The standard InChI is InChI=1S/C11H14O4/c1-11(15,10(13)14)7-6-8-2-4-9(12)5-3-8/h2-5,12,15H,6-7H2,1H3,(H,13,14). The fourth-order valence-corrected chi connectivity index (χ4v) is 1.16. The first-order valence-electron chi connectivity index (χ1n) is 4.65. The molecule has 1 unspecified atom stereocenters. The first-order chi connectivity index (χ1) is 6.92. The fourth-order valence-electron chi connectivity index (χ4n) is 1.16. The predicted octanol–water partition coefficient (Wildman–Crippen LogP) is 1.16. The van der Waals surface area contributed by atoms with Crippen molar-refractivity contribution in [3.8, 4) is 5.75 Å². The molecule has 0 spiro atoms. The molecule has 4 heteroatoms. The van der Waals surface area contributed by atoms with Crippen molar-refractivity contribution >= 4 is 5.97 Å². The highest BCUT2D eigenvalue weighted by Crippen LogP contribution is 2.16. The van der Waals surface area contributed by atoms with Crippen LogP contribution in [0.5, 0.6) is 5.75 Å². The Balaban J connectivity index is 2.57. The molecule has 1 aromatic rings. The molecule has 0 saturated heterocycles. The fraction of sp³-hybridized carbons (Fsp3) is 0.364. The van der Waals surface area contributed by atoms with Crippen LogP contribution < -0.4 is 0 Å². The molecule has 0 aliphatic carbocycles. The van der Waals surface area contributed by atoms with E-state index in [9.17, 15) is 9.90 Å². The van der Waals surface area contributed by atoms with E-state index in [4.69, 9.17) is 10.2 Å². The normalized spacial score (nSPS) is 14.5. The van der Waals surface area contributed by atoms with Crippen molar-refractivity contribution in [2.75, 3.05) is 0 Å². The first kappa shape index (κ1) is 11.5. The van der Waals surface area contributed by atoms with E-state index in [-0.39, 0.29) is 12.2 Å². The van der Waals surface area contributed by atoms with Gasteiger partial charge < -0.3 is 15.3 Å². The van der Waals surface area contributed by atoms with Gasteiger partial charge in [-0.3, -0.25) is 0 Å². The smallest absolute Gasteiger partial charge is 0.335 e. The van der Waals surface area contributed by atoms with Crippen molar-refractivity contribution in [1.82, 2.24) is 0 Å². The maximum absolute atomic E-state index is 10.6. The summed E-state index contributed by atoms with van der Waals surface area (Å²) in [6.45, 7) is 1.27. The lowest BCUT2D eigenvalue weighted by Crippen LogP contribution is -2.35. The minimum absolute atomic E-state index is 0.146. The van der Waals surface area contributed by atoms with Gasteiger partial charge in [-0.1, -0.05) is 12.1 Å². The lowest BCUT2D eigenvalue weighted by molar-refractivity contribution is -0.157. The van der Waals surface area contributed by atoms with Crippen LogP contribution in [-0.2, 0) is 11.2 Å². The van der Waals surface area contributed by atoms with Crippen molar-refractivity contribution in [1.29, 1.82) is 0 Å². The van der Waals surface area contributed by atoms with Crippen molar-refractivity contribution in [3.63, 3.8) is 0 Å². The number of phenols is 1. The minimum Gasteiger partial charge on any atom is -0.508 e. The number of carbonyl (C=O) groups is 1. The molecule has 0 aliphatic rings. The minimum atomic E-state index is -1.70. The van der Waals surface area contributed by atoms with Crippen molar-refractivity contribution in [3.05, 3.63) is 29.8 Å². The Morgan fingerprint density at radius 3 is 2.33 bits per heavy atom. The Hall–Kier alpha value is -1.55. The largest absolute Gasteiger partial charge is 0.508 e. The Morgan fingerprint density at radius 2 is 1.87 bits per heavy atom. The van der Waals surface area contributed by atoms with Gasteiger partial charge in [0.05, 0.1) is 0 Å². The predicted molar refractivity (Wildman–Crippen MR) is 54.7 cm³/mol. The van der Waals surface area contributed by atoms with Crippen molar-refractivity contribution in [2.24, 2.45) is 0 Å². The van der Waals surface area contributed by atoms with Gasteiger partial charge in [0.15, 0.2) is 5.60 Å². The molecule has 0 radical (unpaired) electrons. The summed E-state index contributed by atoms with van der Waals surface area (Å²) in [6.07, 6.45) is 0.604. The van der Waals surface area contributed by atoms with E-state index in [0.29, 0.717) is 6.42 Å². The molecule has 0 fully saturated rings. The summed E-state index contributed by atoms with van der Waals surface area (Å²) in [5, 5.41) is 27.2. The van der Waals surface area contributed by atoms with Crippen LogP contribution in [0.2, 0.25) is 0 Å². The highest BCUT2D eigenvalue weighted by molar-refractivity contribution is 5.76. The third kappa shape index (κ3) is 3.25. The zero-order valence-corrected chi connectivity index (χ0v) is 8.47. The summed E-state index contributed by atoms with van der Waals surface area (Å²) in [4.78, 5) is 10.6. The second-order valence-electron chi connectivity index (χ2n) is 3.75. The number of hydrogen-bond acceptors (Lipinski definition) is 3. The quantitative estimate of drug-likeness (QED) is 0.696. The van der Waals surface area contributed by atoms with Gasteiger partial charge in [-0.2, -0.15) is 0 Å². The molecule has 1 atom stereocenters. The van der Waals surface area contributed by atoms with Crippen molar-refractivity contribution in [2.45, 2.75) is 25.4 Å². The molecule has 15 heavy (non-hydrogen) atoms. The zero-order valence-electron chi connectivity index (χ0n) is 8.47. The number of aromatic hydroxyl groups is 1. The Bertz CT molecular complexity index is 340. The van der Waals surface area contributed by atoms with Crippen molar-refractivity contribution < 1.29 is 20.1 Å². The monoisotopic (exact) mass is 210 g/mol. The van der Waals surface area contributed by atoms with Crippen LogP contribution >= 0.6 is 0 Å². The number of carboxylic acid groups (broad SMARTS) is 1. The van der Waals surface area contributed by atoms with Crippen LogP contribution in [0, 0.1) is 0 Å². The third-order valence-electron chi connectivity index (χ3n) is 2.30. The van der Waals surface area contributed by atoms with E-state index < -0.39 is 11.6 Å². The average Bonchev–Trinajstić information content (AvgIpc) is 2.17. The molecule has 0 saturated carbocycles. The molecule has 1 rings (SSSR count). The Kier molecular flexibility index (Phi) is 3.31. The SMILES string of the molecule is CC(O)(CCc1ccc(O)cc1)C(=O)O. The van der Waals surface area contributed by atoms with Gasteiger partial charge in [-0.15, -0.1) is 0 Å². The van der Waals surface area contributed by atoms with Gasteiger partial charge >= 0.3 is 5.97 Å². The Morgan fingerprint density at radius 1 is 1.33 bits per heavy atom. The van der Waals surface area contributed by atoms with Crippen LogP contribution in [-0.4, -0.2) is 26.9 Å². The first-order valence-corrected chi connectivity index (χ1v) is 4.65. The molecular weight excluding hydrogens is 196 g/mol. The van der Waals surface area contributed by atoms with E-state index in [1.165, 1.54) is 19.1 Å². The molecular formula is C11H14O4. The molecule has 0 bridgehead atoms. The van der Waals surface area contributed by atoms with Gasteiger partial charge in [0.25, 0.3) is 0 Å². The summed E-state index contributed by atoms with van der Waals surface area (Å²) in [6, 6.07) is 6.47. The molecule has 0 heterocycles. The maximum Gasteiger partial charge on any atom is 0.335 e. The topological polar surface area (TPSA) is 77.8 Å². The highest BCUT2D eigenvalue weighted by atomic mass is 16.4. The van der Waals surface area contributed by atoms with Gasteiger partial charge in [0.1, 0.15) is 5.75 Å². The van der Waals surface area contributed by atoms with Crippen LogP contribution in [0.25, 0.3) is 0 Å². The second-order valence-corrected chi connectivity index (χ2v) is 3.75. The number of aryl methyl sites for hydroxylation is 1. The molecule has 4 nitrogen and oxygen atoms in total. The summed E-state index contributed by atoms with van der Waals surface area (Å²) < 4.78 is 0. The van der Waals surface area contributed by atoms with Crippen LogP contribution in [0.3, 0.4) is 0 Å². The molecule has 1 aromatic carbocycles. The third-order valence-corrected chi connectivity index (χ3v) is 2.30. The number of benzene rings is 1. The van der Waals surface area contributed by atoms with E-state index in [1.807, 2.05) is 0 Å². The number of aliphatic carboxylic acids is 1. The van der Waals surface area contributed by atoms with Gasteiger partial charge in [-0.05, 0) is 37.5 Å². The van der Waals surface area contributed by atoms with Crippen LogP contribution in [0.1, 0.15) is 18.9 Å². The lowest BCUT2D eigenvalue weighted by atomic mass is 9.97. The van der Waals surface area contributed by atoms with E-state index in [1.54, 1.807) is 12.1 Å². The highest BCUT2D eigenvalue weighted by Gasteiger charge is 2.28. The number of carboxylic acids is 1. The number of rotatable bonds is 4. The second kappa shape index (κ2) is 4.31. The van der Waals surface area contributed by atoms with E-state index in [2.05, 4.69) is 0 Å². The van der Waals surface area contributed by atoms with E-state index >= 15 is 0 Å². The summed E-state index contributed by atoms with van der Waals surface area (Å²) in [5.74, 6) is -1.05. The zero-order chi connectivity index (χ0) is 11.5. The summed E-state index contributed by atoms with van der Waals surface area (Å²) >= 11 is 0.